The van der Waals surface area contributed by atoms with Crippen molar-refractivity contribution in [2.45, 2.75) is 13.3 Å². The zero-order chi connectivity index (χ0) is 13.2. The van der Waals surface area contributed by atoms with Gasteiger partial charge in [-0.2, -0.15) is 15.0 Å². The highest BCUT2D eigenvalue weighted by Crippen LogP contribution is 2.10. The van der Waals surface area contributed by atoms with Crippen molar-refractivity contribution in [1.29, 1.82) is 0 Å². The number of rotatable bonds is 3. The zero-order valence-corrected chi connectivity index (χ0v) is 10.3. The zero-order valence-electron chi connectivity index (χ0n) is 10.3. The summed E-state index contributed by atoms with van der Waals surface area (Å²) >= 11 is 0. The maximum atomic E-state index is 5.73. The molecule has 0 saturated heterocycles. The maximum Gasteiger partial charge on any atom is 0.241 e. The van der Waals surface area contributed by atoms with Crippen molar-refractivity contribution in [3.05, 3.63) is 36.9 Å². The molecule has 0 amide bonds. The van der Waals surface area contributed by atoms with Gasteiger partial charge in [0.05, 0.1) is 0 Å². The number of nitrogens with two attached hydrogens (primary N) is 1. The lowest BCUT2D eigenvalue weighted by Gasteiger charge is -2.07. The van der Waals surface area contributed by atoms with Crippen LogP contribution in [0.25, 0.3) is 11.9 Å². The third kappa shape index (κ3) is 2.03. The van der Waals surface area contributed by atoms with Crippen LogP contribution in [0.5, 0.6) is 0 Å². The standard InChI is InChI=1S/C11H12N8/c1-2-8-14-4-6-19(8)11-16-9(12)15-10(17-11)18-5-3-13-7-18/h3-7H,2H2,1H3,(H2,12,15,16,17). The minimum Gasteiger partial charge on any atom is -0.368 e. The molecule has 3 aromatic heterocycles. The van der Waals surface area contributed by atoms with Crippen molar-refractivity contribution in [1.82, 2.24) is 34.1 Å². The summed E-state index contributed by atoms with van der Waals surface area (Å²) in [7, 11) is 0. The fraction of sp³-hybridized carbons (Fsp3) is 0.182. The summed E-state index contributed by atoms with van der Waals surface area (Å²) in [5.74, 6) is 1.90. The topological polar surface area (TPSA) is 100 Å². The first kappa shape index (κ1) is 11.3. The molecule has 0 fully saturated rings. The molecular weight excluding hydrogens is 244 g/mol. The Kier molecular flexibility index (Phi) is 2.67. The SMILES string of the molecule is CCc1nccn1-c1nc(N)nc(-n2ccnc2)n1. The smallest absolute Gasteiger partial charge is 0.241 e. The van der Waals surface area contributed by atoms with E-state index in [-0.39, 0.29) is 5.95 Å². The van der Waals surface area contributed by atoms with Crippen molar-refractivity contribution >= 4 is 5.95 Å². The first-order valence-electron chi connectivity index (χ1n) is 5.80. The minimum absolute atomic E-state index is 0.157. The number of imidazole rings is 2. The molecule has 8 heteroatoms. The molecule has 0 saturated carbocycles. The van der Waals surface area contributed by atoms with E-state index in [2.05, 4.69) is 24.9 Å². The predicted molar refractivity (Wildman–Crippen MR) is 67.9 cm³/mol. The molecule has 8 nitrogen and oxygen atoms in total. The molecule has 3 aromatic rings. The lowest BCUT2D eigenvalue weighted by molar-refractivity contribution is 0.803. The molecule has 0 aromatic carbocycles. The van der Waals surface area contributed by atoms with Crippen LogP contribution in [-0.4, -0.2) is 34.1 Å². The Hall–Kier alpha value is -2.77. The fourth-order valence-electron chi connectivity index (χ4n) is 1.75. The first-order valence-corrected chi connectivity index (χ1v) is 5.80. The Morgan fingerprint density at radius 3 is 2.68 bits per heavy atom. The molecule has 0 atom stereocenters. The van der Waals surface area contributed by atoms with Crippen LogP contribution in [-0.2, 0) is 6.42 Å². The highest BCUT2D eigenvalue weighted by molar-refractivity contribution is 5.29. The molecule has 3 heterocycles. The summed E-state index contributed by atoms with van der Waals surface area (Å²) in [5, 5.41) is 0. The molecule has 0 aliphatic carbocycles. The maximum absolute atomic E-state index is 5.73. The van der Waals surface area contributed by atoms with Crippen LogP contribution in [0.15, 0.2) is 31.1 Å². The highest BCUT2D eigenvalue weighted by atomic mass is 15.3. The number of aryl methyl sites for hydroxylation is 1. The van der Waals surface area contributed by atoms with Gasteiger partial charge in [0.25, 0.3) is 0 Å². The Morgan fingerprint density at radius 1 is 1.11 bits per heavy atom. The molecule has 0 aliphatic rings. The second kappa shape index (κ2) is 4.48. The van der Waals surface area contributed by atoms with Crippen LogP contribution >= 0.6 is 0 Å². The van der Waals surface area contributed by atoms with Crippen molar-refractivity contribution < 1.29 is 0 Å². The first-order chi connectivity index (χ1) is 9.28. The lowest BCUT2D eigenvalue weighted by atomic mass is 10.4. The highest BCUT2D eigenvalue weighted by Gasteiger charge is 2.10. The Labute approximate surface area is 109 Å². The van der Waals surface area contributed by atoms with Gasteiger partial charge < -0.3 is 5.73 Å². The summed E-state index contributed by atoms with van der Waals surface area (Å²) in [6.45, 7) is 2.01. The van der Waals surface area contributed by atoms with Gasteiger partial charge in [0.15, 0.2) is 0 Å². The van der Waals surface area contributed by atoms with E-state index in [0.29, 0.717) is 11.9 Å². The molecule has 0 bridgehead atoms. The van der Waals surface area contributed by atoms with Crippen LogP contribution in [0.4, 0.5) is 5.95 Å². The van der Waals surface area contributed by atoms with Crippen molar-refractivity contribution in [2.24, 2.45) is 0 Å². The number of nitrogens with zero attached hydrogens (tertiary/aromatic N) is 7. The quantitative estimate of drug-likeness (QED) is 0.727. The van der Waals surface area contributed by atoms with Crippen LogP contribution in [0.1, 0.15) is 12.7 Å². The molecule has 0 aliphatic heterocycles. The molecule has 96 valence electrons. The van der Waals surface area contributed by atoms with Crippen LogP contribution in [0, 0.1) is 0 Å². The van der Waals surface area contributed by atoms with Gasteiger partial charge >= 0.3 is 0 Å². The minimum atomic E-state index is 0.157. The van der Waals surface area contributed by atoms with Gasteiger partial charge in [-0.15, -0.1) is 0 Å². The third-order valence-corrected chi connectivity index (χ3v) is 2.61. The molecule has 19 heavy (non-hydrogen) atoms. The van der Waals surface area contributed by atoms with Gasteiger partial charge in [0, 0.05) is 31.2 Å². The summed E-state index contributed by atoms with van der Waals surface area (Å²) in [4.78, 5) is 20.8. The summed E-state index contributed by atoms with van der Waals surface area (Å²) in [6.07, 6.45) is 9.27. The van der Waals surface area contributed by atoms with Gasteiger partial charge in [-0.3, -0.25) is 9.13 Å². The normalized spacial score (nSPS) is 10.8. The van der Waals surface area contributed by atoms with E-state index in [1.807, 2.05) is 6.92 Å². The number of hydrogen-bond acceptors (Lipinski definition) is 6. The van der Waals surface area contributed by atoms with Crippen LogP contribution < -0.4 is 5.73 Å². The molecule has 0 unspecified atom stereocenters. The van der Waals surface area contributed by atoms with Crippen LogP contribution in [0.3, 0.4) is 0 Å². The second-order valence-electron chi connectivity index (χ2n) is 3.83. The van der Waals surface area contributed by atoms with E-state index in [1.54, 1.807) is 40.2 Å². The van der Waals surface area contributed by atoms with Crippen LogP contribution in [0.2, 0.25) is 0 Å². The van der Waals surface area contributed by atoms with Gasteiger partial charge in [-0.05, 0) is 0 Å². The van der Waals surface area contributed by atoms with E-state index in [9.17, 15) is 0 Å². The Balaban J connectivity index is 2.13. The summed E-state index contributed by atoms with van der Waals surface area (Å²) in [6, 6.07) is 0. The molecular formula is C11H12N8. The average Bonchev–Trinajstić information content (AvgIpc) is 3.09. The van der Waals surface area contributed by atoms with E-state index >= 15 is 0 Å². The van der Waals surface area contributed by atoms with E-state index < -0.39 is 0 Å². The molecule has 3 rings (SSSR count). The fourth-order valence-corrected chi connectivity index (χ4v) is 1.75. The number of hydrogen-bond donors (Lipinski definition) is 1. The average molecular weight is 256 g/mol. The van der Waals surface area contributed by atoms with Crippen molar-refractivity contribution in [3.8, 4) is 11.9 Å². The predicted octanol–water partition coefficient (Wildman–Crippen LogP) is 0.388. The summed E-state index contributed by atoms with van der Waals surface area (Å²) < 4.78 is 3.46. The second-order valence-corrected chi connectivity index (χ2v) is 3.83. The summed E-state index contributed by atoms with van der Waals surface area (Å²) in [5.41, 5.74) is 5.73. The Bertz CT molecular complexity index is 685. The largest absolute Gasteiger partial charge is 0.368 e. The number of aromatic nitrogens is 7. The molecule has 2 N–H and O–H groups in total. The van der Waals surface area contributed by atoms with Gasteiger partial charge in [-0.25, -0.2) is 9.97 Å². The molecule has 0 spiro atoms. The van der Waals surface area contributed by atoms with Crippen molar-refractivity contribution in [3.63, 3.8) is 0 Å². The number of nitrogen functional groups attached to an aromatic ring is 1. The van der Waals surface area contributed by atoms with Gasteiger partial charge in [0.2, 0.25) is 17.8 Å². The lowest BCUT2D eigenvalue weighted by Crippen LogP contribution is -2.11. The van der Waals surface area contributed by atoms with E-state index in [4.69, 9.17) is 5.73 Å². The Morgan fingerprint density at radius 2 is 1.95 bits per heavy atom. The van der Waals surface area contributed by atoms with E-state index in [1.165, 1.54) is 0 Å². The monoisotopic (exact) mass is 256 g/mol. The molecule has 0 radical (unpaired) electrons. The number of anilines is 1. The van der Waals surface area contributed by atoms with Gasteiger partial charge in [-0.1, -0.05) is 6.92 Å². The van der Waals surface area contributed by atoms with E-state index in [0.717, 1.165) is 12.2 Å². The third-order valence-electron chi connectivity index (χ3n) is 2.61. The van der Waals surface area contributed by atoms with Gasteiger partial charge in [0.1, 0.15) is 12.2 Å². The van der Waals surface area contributed by atoms with Crippen molar-refractivity contribution in [2.75, 3.05) is 5.73 Å².